The minimum atomic E-state index is -0.382. The number of halogens is 1. The normalized spacial score (nSPS) is 21.6. The number of pyridine rings is 2. The number of hydrogen-bond donors (Lipinski definition) is 2. The summed E-state index contributed by atoms with van der Waals surface area (Å²) in [5.74, 6) is 0.827. The van der Waals surface area contributed by atoms with Gasteiger partial charge in [0.05, 0.1) is 17.4 Å². The number of nitrogens with two attached hydrogens (primary N) is 1. The first-order valence-corrected chi connectivity index (χ1v) is 12.3. The molecule has 1 aliphatic carbocycles. The molecule has 3 N–H and O–H groups in total. The topological polar surface area (TPSA) is 80.9 Å². The van der Waals surface area contributed by atoms with Gasteiger partial charge in [-0.15, -0.1) is 0 Å². The lowest BCUT2D eigenvalue weighted by atomic mass is 9.75. The van der Waals surface area contributed by atoms with E-state index in [1.807, 2.05) is 6.07 Å². The monoisotopic (exact) mass is 462 g/mol. The van der Waals surface area contributed by atoms with Gasteiger partial charge in [-0.25, -0.2) is 4.39 Å². The van der Waals surface area contributed by atoms with Gasteiger partial charge in [-0.05, 0) is 79.3 Å². The molecule has 4 rings (SSSR count). The van der Waals surface area contributed by atoms with Crippen molar-refractivity contribution in [3.05, 3.63) is 65.4 Å². The highest BCUT2D eigenvalue weighted by Gasteiger charge is 2.27. The molecule has 0 radical (unpaired) electrons. The quantitative estimate of drug-likeness (QED) is 0.429. The van der Waals surface area contributed by atoms with Crippen molar-refractivity contribution in [2.75, 3.05) is 5.32 Å². The zero-order valence-electron chi connectivity index (χ0n) is 20.5. The van der Waals surface area contributed by atoms with Gasteiger partial charge in [0.2, 0.25) is 0 Å². The molecule has 34 heavy (non-hydrogen) atoms. The van der Waals surface area contributed by atoms with Crippen LogP contribution in [0.25, 0.3) is 10.9 Å². The predicted molar refractivity (Wildman–Crippen MR) is 136 cm³/mol. The number of nitrogens with one attached hydrogen (secondary N) is 1. The fourth-order valence-electron chi connectivity index (χ4n) is 5.08. The lowest BCUT2D eigenvalue weighted by Crippen LogP contribution is -2.31. The first-order valence-electron chi connectivity index (χ1n) is 12.3. The number of aromatic nitrogens is 2. The van der Waals surface area contributed by atoms with Crippen molar-refractivity contribution in [1.82, 2.24) is 9.97 Å². The maximum Gasteiger partial charge on any atom is 0.169 e. The minimum absolute atomic E-state index is 0.0869. The number of rotatable bonds is 7. The van der Waals surface area contributed by atoms with Crippen LogP contribution in [0, 0.1) is 17.7 Å². The zero-order chi connectivity index (χ0) is 24.4. The van der Waals surface area contributed by atoms with Crippen LogP contribution < -0.4 is 11.1 Å². The van der Waals surface area contributed by atoms with E-state index < -0.39 is 0 Å². The van der Waals surface area contributed by atoms with Crippen LogP contribution in [0.5, 0.6) is 0 Å². The molecular weight excluding hydrogens is 427 g/mol. The van der Waals surface area contributed by atoms with E-state index in [1.54, 1.807) is 30.7 Å². The average molecular weight is 463 g/mol. The van der Waals surface area contributed by atoms with Crippen LogP contribution in [0.15, 0.2) is 42.9 Å². The van der Waals surface area contributed by atoms with E-state index in [1.165, 1.54) is 6.07 Å². The van der Waals surface area contributed by atoms with Crippen LogP contribution in [-0.2, 0) is 6.42 Å². The van der Waals surface area contributed by atoms with Gasteiger partial charge in [-0.1, -0.05) is 20.8 Å². The van der Waals surface area contributed by atoms with E-state index in [9.17, 15) is 9.18 Å². The summed E-state index contributed by atoms with van der Waals surface area (Å²) in [6.07, 6.45) is 8.47. The molecule has 5 nitrogen and oxygen atoms in total. The van der Waals surface area contributed by atoms with Gasteiger partial charge in [0, 0.05) is 41.8 Å². The molecule has 1 aromatic carbocycles. The molecule has 3 aromatic rings. The Hall–Kier alpha value is -2.86. The van der Waals surface area contributed by atoms with Crippen molar-refractivity contribution in [3.63, 3.8) is 0 Å². The summed E-state index contributed by atoms with van der Waals surface area (Å²) in [5.41, 5.74) is 9.94. The maximum atomic E-state index is 14.7. The third-order valence-electron chi connectivity index (χ3n) is 7.20. The van der Waals surface area contributed by atoms with E-state index >= 15 is 0 Å². The van der Waals surface area contributed by atoms with Gasteiger partial charge in [-0.2, -0.15) is 0 Å². The first kappa shape index (κ1) is 24.3. The summed E-state index contributed by atoms with van der Waals surface area (Å²) in [6.45, 7) is 8.56. The predicted octanol–water partition coefficient (Wildman–Crippen LogP) is 5.88. The Morgan fingerprint density at radius 1 is 1.18 bits per heavy atom. The Balaban J connectivity index is 1.62. The summed E-state index contributed by atoms with van der Waals surface area (Å²) >= 11 is 0. The molecule has 4 atom stereocenters. The van der Waals surface area contributed by atoms with E-state index in [0.29, 0.717) is 34.2 Å². The molecule has 2 heterocycles. The van der Waals surface area contributed by atoms with Crippen LogP contribution in [-0.4, -0.2) is 27.8 Å². The second-order valence-corrected chi connectivity index (χ2v) is 10.3. The van der Waals surface area contributed by atoms with Crippen molar-refractivity contribution < 1.29 is 9.18 Å². The summed E-state index contributed by atoms with van der Waals surface area (Å²) in [4.78, 5) is 22.2. The number of anilines is 1. The molecule has 0 bridgehead atoms. The Morgan fingerprint density at radius 2 is 1.97 bits per heavy atom. The molecule has 180 valence electrons. The van der Waals surface area contributed by atoms with Crippen LogP contribution >= 0.6 is 0 Å². The van der Waals surface area contributed by atoms with Gasteiger partial charge < -0.3 is 11.1 Å². The highest BCUT2D eigenvalue weighted by atomic mass is 19.1. The molecular formula is C28H35FN4O. The molecule has 6 heteroatoms. The molecule has 0 amide bonds. The molecule has 1 fully saturated rings. The third-order valence-corrected chi connectivity index (χ3v) is 7.20. The molecule has 0 saturated heterocycles. The molecule has 0 spiro atoms. The Labute approximate surface area is 201 Å². The second-order valence-electron chi connectivity index (χ2n) is 10.3. The average Bonchev–Trinajstić information content (AvgIpc) is 2.79. The molecule has 2 aromatic heterocycles. The van der Waals surface area contributed by atoms with E-state index in [-0.39, 0.29) is 30.1 Å². The van der Waals surface area contributed by atoms with Crippen LogP contribution in [0.1, 0.15) is 74.4 Å². The number of carbonyl (C=O) groups is 1. The number of nitrogens with zero attached hydrogens (tertiary/aromatic N) is 2. The number of fused-ring (bicyclic) bond motifs is 1. The van der Waals surface area contributed by atoms with E-state index in [2.05, 4.69) is 43.0 Å². The van der Waals surface area contributed by atoms with E-state index in [4.69, 9.17) is 5.73 Å². The summed E-state index contributed by atoms with van der Waals surface area (Å²) in [7, 11) is 0. The second kappa shape index (κ2) is 10.2. The minimum Gasteiger partial charge on any atom is -0.381 e. The fourth-order valence-corrected chi connectivity index (χ4v) is 5.08. The number of benzene rings is 1. The lowest BCUT2D eigenvalue weighted by molar-refractivity contribution is 0.0994. The van der Waals surface area contributed by atoms with Crippen molar-refractivity contribution in [2.24, 2.45) is 17.6 Å². The Bertz CT molecular complexity index is 1170. The summed E-state index contributed by atoms with van der Waals surface area (Å²) < 4.78 is 14.7. The van der Waals surface area contributed by atoms with Crippen LogP contribution in [0.3, 0.4) is 0 Å². The first-order chi connectivity index (χ1) is 16.2. The zero-order valence-corrected chi connectivity index (χ0v) is 20.5. The van der Waals surface area contributed by atoms with Crippen LogP contribution in [0.4, 0.5) is 10.1 Å². The number of Topliss-reactive ketones (excluding diaryl/α,β-unsaturated/α-hetero) is 1. The van der Waals surface area contributed by atoms with Crippen molar-refractivity contribution in [3.8, 4) is 0 Å². The van der Waals surface area contributed by atoms with Crippen molar-refractivity contribution in [2.45, 2.75) is 71.4 Å². The van der Waals surface area contributed by atoms with Gasteiger partial charge in [0.15, 0.2) is 5.78 Å². The summed E-state index contributed by atoms with van der Waals surface area (Å²) in [6, 6.07) is 7.06. The van der Waals surface area contributed by atoms with Gasteiger partial charge in [-0.3, -0.25) is 14.8 Å². The van der Waals surface area contributed by atoms with Gasteiger partial charge in [0.1, 0.15) is 5.82 Å². The van der Waals surface area contributed by atoms with Crippen molar-refractivity contribution >= 4 is 22.4 Å². The molecule has 1 aliphatic rings. The van der Waals surface area contributed by atoms with Crippen molar-refractivity contribution in [1.29, 1.82) is 0 Å². The maximum absolute atomic E-state index is 14.7. The highest BCUT2D eigenvalue weighted by Crippen LogP contribution is 2.37. The fraction of sp³-hybridized carbons (Fsp3) is 0.464. The molecule has 0 aliphatic heterocycles. The SMILES string of the molecule is CC(C)[C@H](C)Nc1cnc2c(C(=O)Cc3cnccc3[C@@H]3C[C@H](C)C[C@H](N)C3)ccc(F)c2c1. The largest absolute Gasteiger partial charge is 0.381 e. The Morgan fingerprint density at radius 3 is 2.71 bits per heavy atom. The number of ketones is 1. The van der Waals surface area contributed by atoms with Crippen LogP contribution in [0.2, 0.25) is 0 Å². The number of hydrogen-bond acceptors (Lipinski definition) is 5. The Kier molecular flexibility index (Phi) is 7.27. The number of carbonyl (C=O) groups excluding carboxylic acids is 1. The lowest BCUT2D eigenvalue weighted by Gasteiger charge is -2.32. The molecule has 1 saturated carbocycles. The summed E-state index contributed by atoms with van der Waals surface area (Å²) in [5, 5.41) is 3.72. The molecule has 0 unspecified atom stereocenters. The standard InChI is InChI=1S/C28H35FN4O/c1-16(2)18(4)33-22-13-25-26(29)6-5-24(28(25)32-15-22)27(34)12-20-14-31-8-7-23(20)19-9-17(3)10-21(30)11-19/h5-8,13-19,21,33H,9-12,30H2,1-4H3/t17-,18-,19+,21-/m0/s1. The smallest absolute Gasteiger partial charge is 0.169 e. The van der Waals surface area contributed by atoms with Gasteiger partial charge in [0.25, 0.3) is 0 Å². The third kappa shape index (κ3) is 5.27. The van der Waals surface area contributed by atoms with E-state index in [0.717, 1.165) is 36.1 Å². The van der Waals surface area contributed by atoms with Gasteiger partial charge >= 0.3 is 0 Å². The highest BCUT2D eigenvalue weighted by molar-refractivity contribution is 6.08.